The number of carbonyl (C=O) groups is 2. The zero-order valence-electron chi connectivity index (χ0n) is 32.4. The van der Waals surface area contributed by atoms with Crippen molar-refractivity contribution in [3.63, 3.8) is 0 Å². The number of fused-ring (bicyclic) bond motifs is 5. The van der Waals surface area contributed by atoms with Gasteiger partial charge in [0, 0.05) is 46.7 Å². The maximum atomic E-state index is 14.7. The molecule has 1 aliphatic carbocycles. The number of ether oxygens (including phenoxy) is 1. The second-order valence-electron chi connectivity index (χ2n) is 14.7. The number of oxime groups is 1. The van der Waals surface area contributed by atoms with Crippen molar-refractivity contribution in [2.24, 2.45) is 11.1 Å². The Morgan fingerprint density at radius 2 is 1.62 bits per heavy atom. The Morgan fingerprint density at radius 3 is 2.29 bits per heavy atom. The summed E-state index contributed by atoms with van der Waals surface area (Å²) in [6.45, 7) is 11.7. The van der Waals surface area contributed by atoms with Crippen LogP contribution in [-0.4, -0.2) is 49.3 Å². The Morgan fingerprint density at radius 1 is 0.927 bits per heavy atom. The molecular formula is C46H49F3N2O4. The van der Waals surface area contributed by atoms with Gasteiger partial charge in [-0.3, -0.25) is 4.79 Å². The van der Waals surface area contributed by atoms with Crippen LogP contribution in [0.3, 0.4) is 0 Å². The minimum atomic E-state index is -3.20. The zero-order valence-corrected chi connectivity index (χ0v) is 32.4. The Labute approximate surface area is 321 Å². The molecule has 0 saturated carbocycles. The fourth-order valence-electron chi connectivity index (χ4n) is 8.12. The van der Waals surface area contributed by atoms with E-state index in [2.05, 4.69) is 30.0 Å². The van der Waals surface area contributed by atoms with Crippen LogP contribution in [0.1, 0.15) is 96.6 Å². The third-order valence-corrected chi connectivity index (χ3v) is 10.7. The van der Waals surface area contributed by atoms with Crippen LogP contribution in [0, 0.1) is 26.7 Å². The van der Waals surface area contributed by atoms with E-state index in [9.17, 15) is 22.8 Å². The van der Waals surface area contributed by atoms with Crippen LogP contribution in [0.5, 0.6) is 5.75 Å². The number of anilines is 1. The lowest BCUT2D eigenvalue weighted by Gasteiger charge is -2.33. The molecule has 4 aromatic carbocycles. The van der Waals surface area contributed by atoms with Crippen LogP contribution in [-0.2, 0) is 9.63 Å². The number of aryl methyl sites for hydroxylation is 3. The Hall–Kier alpha value is -5.18. The van der Waals surface area contributed by atoms with Crippen LogP contribution in [0.15, 0.2) is 89.6 Å². The molecule has 288 valence electrons. The number of nitrogens with zero attached hydrogens (tertiary/aromatic N) is 2. The topological polar surface area (TPSA) is 68.2 Å². The van der Waals surface area contributed by atoms with Crippen LogP contribution in [0.2, 0.25) is 0 Å². The largest absolute Gasteiger partial charge is 0.490 e. The summed E-state index contributed by atoms with van der Waals surface area (Å²) < 4.78 is 45.7. The molecule has 55 heavy (non-hydrogen) atoms. The minimum Gasteiger partial charge on any atom is -0.490 e. The predicted octanol–water partition coefficient (Wildman–Crippen LogP) is 11.1. The first-order valence-electron chi connectivity index (χ1n) is 19.2. The molecule has 0 saturated heterocycles. The predicted molar refractivity (Wildman–Crippen MR) is 214 cm³/mol. The lowest BCUT2D eigenvalue weighted by Crippen LogP contribution is -2.36. The number of ketones is 1. The second-order valence-corrected chi connectivity index (χ2v) is 14.7. The van der Waals surface area contributed by atoms with Gasteiger partial charge in [0.2, 0.25) is 0 Å². The highest BCUT2D eigenvalue weighted by Gasteiger charge is 2.39. The number of benzene rings is 4. The zero-order chi connectivity index (χ0) is 39.4. The van der Waals surface area contributed by atoms with E-state index >= 15 is 0 Å². The molecule has 0 aromatic heterocycles. The Bertz CT molecular complexity index is 2170. The molecule has 0 fully saturated rings. The SMILES string of the molecule is CCCCC(CC)CN1c2c(cc(C(=O)c3c(C)cc(C)cc3C)c3ccccc23)C2=CC(/C(=N\OC(C)=O)c3ccccc3OCC(F)C(F)F)=CCC21. The minimum absolute atomic E-state index is 0.0382. The fraction of sp³-hybridized carbons (Fsp3) is 0.370. The summed E-state index contributed by atoms with van der Waals surface area (Å²) in [5.74, 6) is -0.112. The maximum absolute atomic E-state index is 14.7. The summed E-state index contributed by atoms with van der Waals surface area (Å²) in [6, 6.07) is 20.8. The second kappa shape index (κ2) is 17.1. The van der Waals surface area contributed by atoms with Gasteiger partial charge in [-0.1, -0.05) is 98.4 Å². The summed E-state index contributed by atoms with van der Waals surface area (Å²) in [4.78, 5) is 34.5. The van der Waals surface area contributed by atoms with Crippen LogP contribution in [0.25, 0.3) is 16.3 Å². The summed E-state index contributed by atoms with van der Waals surface area (Å²) in [5.41, 5.74) is 8.48. The van der Waals surface area contributed by atoms with Gasteiger partial charge in [0.15, 0.2) is 12.0 Å². The fourth-order valence-corrected chi connectivity index (χ4v) is 8.12. The quantitative estimate of drug-likeness (QED) is 0.0524. The van der Waals surface area contributed by atoms with E-state index in [-0.39, 0.29) is 23.3 Å². The number of unbranched alkanes of at least 4 members (excludes halogenated alkanes) is 1. The number of halogens is 3. The van der Waals surface area contributed by atoms with Gasteiger partial charge < -0.3 is 14.5 Å². The molecule has 9 heteroatoms. The molecule has 2 aliphatic rings. The number of para-hydroxylation sites is 1. The van der Waals surface area contributed by atoms with E-state index in [1.54, 1.807) is 24.3 Å². The highest BCUT2D eigenvalue weighted by Crippen LogP contribution is 2.50. The van der Waals surface area contributed by atoms with E-state index in [0.717, 1.165) is 76.5 Å². The van der Waals surface area contributed by atoms with Crippen molar-refractivity contribution in [3.05, 3.63) is 123 Å². The Balaban J connectivity index is 1.54. The van der Waals surface area contributed by atoms with Gasteiger partial charge in [0.25, 0.3) is 6.43 Å². The Kier molecular flexibility index (Phi) is 12.3. The summed E-state index contributed by atoms with van der Waals surface area (Å²) in [7, 11) is 0. The van der Waals surface area contributed by atoms with E-state index in [1.165, 1.54) is 6.92 Å². The lowest BCUT2D eigenvalue weighted by atomic mass is 9.85. The van der Waals surface area contributed by atoms with Gasteiger partial charge in [-0.25, -0.2) is 18.0 Å². The van der Waals surface area contributed by atoms with Crippen molar-refractivity contribution < 1.29 is 32.3 Å². The number of hydrogen-bond acceptors (Lipinski definition) is 6. The van der Waals surface area contributed by atoms with Crippen molar-refractivity contribution in [1.29, 1.82) is 0 Å². The molecule has 6 rings (SSSR count). The molecule has 1 heterocycles. The summed E-state index contributed by atoms with van der Waals surface area (Å²) >= 11 is 0. The summed E-state index contributed by atoms with van der Waals surface area (Å²) in [6.07, 6.45) is 3.33. The van der Waals surface area contributed by atoms with Gasteiger partial charge >= 0.3 is 5.97 Å². The lowest BCUT2D eigenvalue weighted by molar-refractivity contribution is -0.140. The smallest absolute Gasteiger partial charge is 0.332 e. The first-order chi connectivity index (χ1) is 26.4. The van der Waals surface area contributed by atoms with Gasteiger partial charge in [-0.05, 0) is 85.9 Å². The third-order valence-electron chi connectivity index (χ3n) is 10.7. The van der Waals surface area contributed by atoms with E-state index in [1.807, 2.05) is 69.3 Å². The van der Waals surface area contributed by atoms with Crippen LogP contribution in [0.4, 0.5) is 18.9 Å². The first kappa shape index (κ1) is 39.5. The van der Waals surface area contributed by atoms with E-state index in [4.69, 9.17) is 9.57 Å². The number of carbonyl (C=O) groups excluding carboxylic acids is 2. The molecule has 0 amide bonds. The highest BCUT2D eigenvalue weighted by molar-refractivity contribution is 6.22. The monoisotopic (exact) mass is 750 g/mol. The van der Waals surface area contributed by atoms with Gasteiger partial charge in [0.1, 0.15) is 18.1 Å². The first-order valence-corrected chi connectivity index (χ1v) is 19.2. The molecule has 1 aliphatic heterocycles. The van der Waals surface area contributed by atoms with Crippen molar-refractivity contribution >= 4 is 39.5 Å². The number of rotatable bonds is 15. The number of hydrogen-bond donors (Lipinski definition) is 0. The molecule has 0 bridgehead atoms. The van der Waals surface area contributed by atoms with Crippen molar-refractivity contribution in [3.8, 4) is 5.75 Å². The van der Waals surface area contributed by atoms with Crippen molar-refractivity contribution in [2.75, 3.05) is 18.1 Å². The molecule has 3 unspecified atom stereocenters. The molecule has 0 spiro atoms. The summed E-state index contributed by atoms with van der Waals surface area (Å²) in [5, 5.41) is 6.14. The average molecular weight is 751 g/mol. The number of alkyl halides is 3. The standard InChI is InChI=1S/C46H49F3N2O4/c1-7-9-14-31(8-2)25-51-40-20-19-32(43(50-55-30(6)52)35-17-12-13-18-41(35)54-26-39(47)46(48)49)23-36(40)37-24-38(33-15-10-11-16-34(33)44(37)51)45(53)42-28(4)21-27(3)22-29(42)5/h10-13,15-19,21-24,31,39-40,46H,7-9,14,20,25-26H2,1-6H3/b50-43+. The highest BCUT2D eigenvalue weighted by atomic mass is 19.3. The van der Waals surface area contributed by atoms with E-state index < -0.39 is 25.2 Å². The number of allylic oxidation sites excluding steroid dienone is 2. The van der Waals surface area contributed by atoms with Crippen LogP contribution < -0.4 is 9.64 Å². The van der Waals surface area contributed by atoms with E-state index in [0.29, 0.717) is 34.6 Å². The maximum Gasteiger partial charge on any atom is 0.332 e. The van der Waals surface area contributed by atoms with Crippen LogP contribution >= 0.6 is 0 Å². The van der Waals surface area contributed by atoms with Crippen molar-refractivity contribution in [2.45, 2.75) is 92.3 Å². The van der Waals surface area contributed by atoms with Gasteiger partial charge in [0.05, 0.1) is 11.7 Å². The molecule has 3 atom stereocenters. The van der Waals surface area contributed by atoms with Gasteiger partial charge in [-0.2, -0.15) is 0 Å². The molecule has 6 nitrogen and oxygen atoms in total. The van der Waals surface area contributed by atoms with Gasteiger partial charge in [-0.15, -0.1) is 0 Å². The average Bonchev–Trinajstić information content (AvgIpc) is 3.47. The molecule has 0 N–H and O–H groups in total. The molecule has 0 radical (unpaired) electrons. The normalized spacial score (nSPS) is 16.4. The molecular weight excluding hydrogens is 702 g/mol. The van der Waals surface area contributed by atoms with Crippen molar-refractivity contribution in [1.82, 2.24) is 0 Å². The third kappa shape index (κ3) is 8.26. The molecule has 4 aromatic rings.